The van der Waals surface area contributed by atoms with Gasteiger partial charge < -0.3 is 14.3 Å². The smallest absolute Gasteiger partial charge is 0.409 e. The first kappa shape index (κ1) is 18.2. The summed E-state index contributed by atoms with van der Waals surface area (Å²) in [5, 5.41) is 2.69. The summed E-state index contributed by atoms with van der Waals surface area (Å²) < 4.78 is 10.6. The Balaban J connectivity index is 2.90. The van der Waals surface area contributed by atoms with Gasteiger partial charge >= 0.3 is 6.09 Å². The normalized spacial score (nSPS) is 14.0. The lowest BCUT2D eigenvalue weighted by Gasteiger charge is -2.28. The molecular weight excluding hydrogens is 282 g/mol. The van der Waals surface area contributed by atoms with Gasteiger partial charge in [0.1, 0.15) is 17.6 Å². The van der Waals surface area contributed by atoms with Crippen LogP contribution in [0.2, 0.25) is 0 Å². The molecular formula is C17H25NO4. The number of benzene rings is 1. The van der Waals surface area contributed by atoms with Crippen molar-refractivity contribution in [2.24, 2.45) is 0 Å². The molecule has 1 amide bonds. The first-order chi connectivity index (χ1) is 10.2. The summed E-state index contributed by atoms with van der Waals surface area (Å²) in [7, 11) is 1.50. The molecule has 1 aromatic carbocycles. The first-order valence-electron chi connectivity index (χ1n) is 7.29. The molecule has 0 aromatic heterocycles. The molecule has 0 aliphatic carbocycles. The predicted molar refractivity (Wildman–Crippen MR) is 84.6 cm³/mol. The van der Waals surface area contributed by atoms with Crippen LogP contribution in [0.4, 0.5) is 4.79 Å². The van der Waals surface area contributed by atoms with E-state index in [4.69, 9.17) is 9.47 Å². The molecule has 0 saturated heterocycles. The van der Waals surface area contributed by atoms with Gasteiger partial charge in [0.25, 0.3) is 0 Å². The van der Waals surface area contributed by atoms with E-state index in [-0.39, 0.29) is 18.1 Å². The molecule has 2 atom stereocenters. The lowest BCUT2D eigenvalue weighted by Crippen LogP contribution is -2.43. The van der Waals surface area contributed by atoms with E-state index in [1.807, 2.05) is 30.3 Å². The summed E-state index contributed by atoms with van der Waals surface area (Å²) >= 11 is 0. The van der Waals surface area contributed by atoms with Crippen LogP contribution in [0.1, 0.15) is 45.6 Å². The Bertz CT molecular complexity index is 493. The molecule has 1 rings (SSSR count). The van der Waals surface area contributed by atoms with Gasteiger partial charge in [0, 0.05) is 19.4 Å². The zero-order valence-corrected chi connectivity index (χ0v) is 13.9. The van der Waals surface area contributed by atoms with Crippen LogP contribution in [-0.4, -0.2) is 30.8 Å². The monoisotopic (exact) mass is 307 g/mol. The van der Waals surface area contributed by atoms with Crippen LogP contribution < -0.4 is 5.32 Å². The van der Waals surface area contributed by atoms with Gasteiger partial charge in [-0.15, -0.1) is 0 Å². The number of ether oxygens (including phenoxy) is 2. The lowest BCUT2D eigenvalue weighted by molar-refractivity contribution is -0.118. The van der Waals surface area contributed by atoms with Gasteiger partial charge in [-0.3, -0.25) is 5.32 Å². The van der Waals surface area contributed by atoms with Gasteiger partial charge in [-0.05, 0) is 33.3 Å². The number of rotatable bonds is 6. The molecule has 0 aliphatic rings. The van der Waals surface area contributed by atoms with E-state index < -0.39 is 17.9 Å². The number of nitrogens with one attached hydrogen (secondary N) is 1. The van der Waals surface area contributed by atoms with Crippen molar-refractivity contribution < 1.29 is 19.1 Å². The summed E-state index contributed by atoms with van der Waals surface area (Å²) in [6, 6.07) is 9.51. The molecule has 5 nitrogen and oxygen atoms in total. The third-order valence-corrected chi connectivity index (χ3v) is 3.01. The SMILES string of the molecule is CO[C@H](NC(=O)OC(C)(C)C)[C@@H](CC(C)=O)c1ccccc1. The fourth-order valence-electron chi connectivity index (χ4n) is 2.16. The van der Waals surface area contributed by atoms with E-state index in [0.717, 1.165) is 5.56 Å². The number of hydrogen-bond donors (Lipinski definition) is 1. The van der Waals surface area contributed by atoms with E-state index in [9.17, 15) is 9.59 Å². The van der Waals surface area contributed by atoms with E-state index >= 15 is 0 Å². The van der Waals surface area contributed by atoms with Crippen molar-refractivity contribution >= 4 is 11.9 Å². The van der Waals surface area contributed by atoms with Gasteiger partial charge in [-0.1, -0.05) is 30.3 Å². The van der Waals surface area contributed by atoms with Crippen molar-refractivity contribution in [1.29, 1.82) is 0 Å². The minimum Gasteiger partial charge on any atom is -0.444 e. The molecule has 22 heavy (non-hydrogen) atoms. The quantitative estimate of drug-likeness (QED) is 0.819. The number of alkyl carbamates (subject to hydrolysis) is 1. The van der Waals surface area contributed by atoms with Crippen molar-refractivity contribution in [3.8, 4) is 0 Å². The number of hydrogen-bond acceptors (Lipinski definition) is 4. The van der Waals surface area contributed by atoms with E-state index in [2.05, 4.69) is 5.32 Å². The topological polar surface area (TPSA) is 64.6 Å². The Morgan fingerprint density at radius 2 is 1.77 bits per heavy atom. The second-order valence-electron chi connectivity index (χ2n) is 6.23. The third-order valence-electron chi connectivity index (χ3n) is 3.01. The number of carbonyl (C=O) groups excluding carboxylic acids is 2. The van der Waals surface area contributed by atoms with Crippen molar-refractivity contribution in [2.75, 3.05) is 7.11 Å². The summed E-state index contributed by atoms with van der Waals surface area (Å²) in [4.78, 5) is 23.5. The minimum atomic E-state index is -0.638. The summed E-state index contributed by atoms with van der Waals surface area (Å²) in [6.07, 6.45) is -0.928. The molecule has 1 aromatic rings. The number of amides is 1. The zero-order valence-electron chi connectivity index (χ0n) is 13.9. The lowest BCUT2D eigenvalue weighted by atomic mass is 9.92. The van der Waals surface area contributed by atoms with Gasteiger partial charge in [-0.25, -0.2) is 4.79 Å². The second kappa shape index (κ2) is 7.94. The Labute approximate surface area is 132 Å². The molecule has 1 N–H and O–H groups in total. The van der Waals surface area contributed by atoms with E-state index in [0.29, 0.717) is 0 Å². The number of ketones is 1. The fourth-order valence-corrected chi connectivity index (χ4v) is 2.16. The van der Waals surface area contributed by atoms with Gasteiger partial charge in [0.05, 0.1) is 0 Å². The number of carbonyl (C=O) groups is 2. The standard InChI is InChI=1S/C17H25NO4/c1-12(19)11-14(13-9-7-6-8-10-13)15(21-5)18-16(20)22-17(2,3)4/h6-10,14-15H,11H2,1-5H3,(H,18,20)/t14-,15-/m0/s1. The maximum Gasteiger partial charge on any atom is 0.409 e. The molecule has 0 heterocycles. The van der Waals surface area contributed by atoms with Crippen LogP contribution in [0, 0.1) is 0 Å². The Morgan fingerprint density at radius 1 is 1.18 bits per heavy atom. The molecule has 0 radical (unpaired) electrons. The maximum atomic E-state index is 12.0. The van der Waals surface area contributed by atoms with Gasteiger partial charge in [-0.2, -0.15) is 0 Å². The summed E-state index contributed by atoms with van der Waals surface area (Å²) in [5.41, 5.74) is 0.339. The predicted octanol–water partition coefficient (Wildman–Crippen LogP) is 3.25. The van der Waals surface area contributed by atoms with E-state index in [1.54, 1.807) is 20.8 Å². The highest BCUT2D eigenvalue weighted by Crippen LogP contribution is 2.24. The average Bonchev–Trinajstić information content (AvgIpc) is 2.41. The van der Waals surface area contributed by atoms with Crippen LogP contribution >= 0.6 is 0 Å². The molecule has 0 unspecified atom stereocenters. The van der Waals surface area contributed by atoms with E-state index in [1.165, 1.54) is 14.0 Å². The highest BCUT2D eigenvalue weighted by Gasteiger charge is 2.28. The summed E-state index contributed by atoms with van der Waals surface area (Å²) in [5.74, 6) is -0.238. The molecule has 122 valence electrons. The highest BCUT2D eigenvalue weighted by molar-refractivity contribution is 5.76. The molecule has 0 aliphatic heterocycles. The second-order valence-corrected chi connectivity index (χ2v) is 6.23. The highest BCUT2D eigenvalue weighted by atomic mass is 16.6. The Morgan fingerprint density at radius 3 is 2.23 bits per heavy atom. The fraction of sp³-hybridized carbons (Fsp3) is 0.529. The van der Waals surface area contributed by atoms with Gasteiger partial charge in [0.15, 0.2) is 0 Å². The maximum absolute atomic E-state index is 12.0. The number of methoxy groups -OCH3 is 1. The van der Waals surface area contributed by atoms with Crippen LogP contribution in [0.25, 0.3) is 0 Å². The van der Waals surface area contributed by atoms with Crippen LogP contribution in [-0.2, 0) is 14.3 Å². The largest absolute Gasteiger partial charge is 0.444 e. The van der Waals surface area contributed by atoms with Crippen LogP contribution in [0.5, 0.6) is 0 Å². The van der Waals surface area contributed by atoms with Crippen molar-refractivity contribution in [3.05, 3.63) is 35.9 Å². The Kier molecular flexibility index (Phi) is 6.56. The Hall–Kier alpha value is -1.88. The summed E-state index contributed by atoms with van der Waals surface area (Å²) in [6.45, 7) is 6.89. The van der Waals surface area contributed by atoms with Gasteiger partial charge in [0.2, 0.25) is 0 Å². The molecule has 0 spiro atoms. The molecule has 0 saturated carbocycles. The number of Topliss-reactive ketones (excluding diaryl/α,β-unsaturated/α-hetero) is 1. The molecule has 0 bridgehead atoms. The molecule has 5 heteroatoms. The first-order valence-corrected chi connectivity index (χ1v) is 7.29. The van der Waals surface area contributed by atoms with Crippen LogP contribution in [0.15, 0.2) is 30.3 Å². The third kappa shape index (κ3) is 6.26. The van der Waals surface area contributed by atoms with Crippen molar-refractivity contribution in [2.45, 2.75) is 51.9 Å². The van der Waals surface area contributed by atoms with Crippen molar-refractivity contribution in [1.82, 2.24) is 5.32 Å². The zero-order chi connectivity index (χ0) is 16.8. The van der Waals surface area contributed by atoms with Crippen molar-refractivity contribution in [3.63, 3.8) is 0 Å². The molecule has 0 fully saturated rings. The van der Waals surface area contributed by atoms with Crippen LogP contribution in [0.3, 0.4) is 0 Å². The minimum absolute atomic E-state index is 0.0295. The average molecular weight is 307 g/mol.